The van der Waals surface area contributed by atoms with Gasteiger partial charge in [0.15, 0.2) is 0 Å². The van der Waals surface area contributed by atoms with Crippen molar-refractivity contribution in [3.63, 3.8) is 0 Å². The lowest BCUT2D eigenvalue weighted by molar-refractivity contribution is -0.575. The average molecular weight is 294 g/mol. The highest BCUT2D eigenvalue weighted by atomic mass is 17.3. The van der Waals surface area contributed by atoms with Gasteiger partial charge in [-0.25, -0.2) is 20.3 Å². The van der Waals surface area contributed by atoms with Crippen LogP contribution >= 0.6 is 0 Å². The molecule has 0 aliphatic heterocycles. The van der Waals surface area contributed by atoms with Crippen LogP contribution < -0.4 is 0 Å². The fraction of sp³-hybridized carbons (Fsp3) is 1.00. The Labute approximate surface area is 121 Å². The molecule has 122 valence electrons. The monoisotopic (exact) mass is 294 g/mol. The summed E-state index contributed by atoms with van der Waals surface area (Å²) in [6, 6.07) is 0. The Kier molecular flexibility index (Phi) is 8.81. The van der Waals surface area contributed by atoms with E-state index in [0.29, 0.717) is 25.7 Å². The SMILES string of the molecule is CCC(CC(C)C)(OO)OOC(CC)(CC(C)C)OO. The average Bonchev–Trinajstić information content (AvgIpc) is 2.41. The summed E-state index contributed by atoms with van der Waals surface area (Å²) >= 11 is 0. The van der Waals surface area contributed by atoms with Crippen molar-refractivity contribution in [2.24, 2.45) is 11.8 Å². The highest BCUT2D eigenvalue weighted by Crippen LogP contribution is 2.32. The lowest BCUT2D eigenvalue weighted by Crippen LogP contribution is -2.43. The molecule has 0 radical (unpaired) electrons. The van der Waals surface area contributed by atoms with Crippen LogP contribution in [-0.4, -0.2) is 22.1 Å². The number of hydrogen-bond acceptors (Lipinski definition) is 6. The first-order chi connectivity index (χ1) is 9.28. The summed E-state index contributed by atoms with van der Waals surface area (Å²) in [6.45, 7) is 11.6. The summed E-state index contributed by atoms with van der Waals surface area (Å²) in [5, 5.41) is 18.3. The molecular formula is C14H30O6. The van der Waals surface area contributed by atoms with Crippen LogP contribution in [0.1, 0.15) is 67.2 Å². The molecule has 2 N–H and O–H groups in total. The van der Waals surface area contributed by atoms with E-state index < -0.39 is 11.6 Å². The quantitative estimate of drug-likeness (QED) is 0.337. The zero-order valence-corrected chi connectivity index (χ0v) is 13.5. The zero-order chi connectivity index (χ0) is 15.8. The first kappa shape index (κ1) is 19.8. The molecule has 0 saturated carbocycles. The van der Waals surface area contributed by atoms with E-state index in [-0.39, 0.29) is 11.8 Å². The lowest BCUT2D eigenvalue weighted by Gasteiger charge is -2.35. The van der Waals surface area contributed by atoms with Crippen molar-refractivity contribution in [1.82, 2.24) is 0 Å². The van der Waals surface area contributed by atoms with Gasteiger partial charge in [0.05, 0.1) is 0 Å². The van der Waals surface area contributed by atoms with Crippen molar-refractivity contribution in [3.8, 4) is 0 Å². The van der Waals surface area contributed by atoms with Gasteiger partial charge < -0.3 is 0 Å². The third kappa shape index (κ3) is 6.03. The molecule has 0 bridgehead atoms. The molecule has 0 aliphatic carbocycles. The maximum Gasteiger partial charge on any atom is 0.233 e. The Bertz CT molecular complexity index is 220. The molecule has 0 aliphatic rings. The summed E-state index contributed by atoms with van der Waals surface area (Å²) in [5.41, 5.74) is 0. The third-order valence-electron chi connectivity index (χ3n) is 3.19. The molecule has 0 heterocycles. The van der Waals surface area contributed by atoms with Crippen LogP contribution in [0.5, 0.6) is 0 Å². The van der Waals surface area contributed by atoms with E-state index in [1.807, 2.05) is 41.5 Å². The van der Waals surface area contributed by atoms with Crippen molar-refractivity contribution < 1.29 is 30.1 Å². The van der Waals surface area contributed by atoms with Gasteiger partial charge in [-0.3, -0.25) is 0 Å². The molecule has 0 fully saturated rings. The van der Waals surface area contributed by atoms with Gasteiger partial charge in [-0.1, -0.05) is 41.5 Å². The van der Waals surface area contributed by atoms with E-state index >= 15 is 0 Å². The minimum Gasteiger partial charge on any atom is -0.249 e. The first-order valence-electron chi connectivity index (χ1n) is 7.30. The Morgan fingerprint density at radius 3 is 1.20 bits per heavy atom. The van der Waals surface area contributed by atoms with Gasteiger partial charge >= 0.3 is 0 Å². The number of hydrogen-bond donors (Lipinski definition) is 2. The predicted molar refractivity (Wildman–Crippen MR) is 74.6 cm³/mol. The highest BCUT2D eigenvalue weighted by molar-refractivity contribution is 4.70. The summed E-state index contributed by atoms with van der Waals surface area (Å²) in [7, 11) is 0. The van der Waals surface area contributed by atoms with Gasteiger partial charge in [0.1, 0.15) is 0 Å². The van der Waals surface area contributed by atoms with Crippen molar-refractivity contribution in [2.45, 2.75) is 78.8 Å². The maximum absolute atomic E-state index is 9.14. The normalized spacial score (nSPS) is 18.3. The minimum absolute atomic E-state index is 0.238. The molecule has 6 heteroatoms. The van der Waals surface area contributed by atoms with Crippen LogP contribution in [0.25, 0.3) is 0 Å². The third-order valence-corrected chi connectivity index (χ3v) is 3.19. The second-order valence-electron chi connectivity index (χ2n) is 6.07. The molecule has 20 heavy (non-hydrogen) atoms. The van der Waals surface area contributed by atoms with E-state index in [1.54, 1.807) is 0 Å². The maximum atomic E-state index is 9.14. The van der Waals surface area contributed by atoms with Crippen molar-refractivity contribution in [1.29, 1.82) is 0 Å². The first-order valence-corrected chi connectivity index (χ1v) is 7.30. The van der Waals surface area contributed by atoms with Crippen LogP contribution in [-0.2, 0) is 19.6 Å². The smallest absolute Gasteiger partial charge is 0.233 e. The van der Waals surface area contributed by atoms with Gasteiger partial charge in [0.25, 0.3) is 0 Å². The lowest BCUT2D eigenvalue weighted by atomic mass is 10.0. The molecule has 0 rings (SSSR count). The van der Waals surface area contributed by atoms with Gasteiger partial charge in [-0.15, -0.1) is 0 Å². The largest absolute Gasteiger partial charge is 0.249 e. The number of rotatable bonds is 11. The molecule has 0 spiro atoms. The van der Waals surface area contributed by atoms with Crippen molar-refractivity contribution in [3.05, 3.63) is 0 Å². The Balaban J connectivity index is 4.86. The molecular weight excluding hydrogens is 264 g/mol. The van der Waals surface area contributed by atoms with Crippen LogP contribution in [0.4, 0.5) is 0 Å². The molecule has 0 saturated heterocycles. The molecule has 0 aromatic rings. The molecule has 0 aromatic heterocycles. The molecule has 0 amide bonds. The van der Waals surface area contributed by atoms with Crippen molar-refractivity contribution >= 4 is 0 Å². The van der Waals surface area contributed by atoms with Gasteiger partial charge in [-0.05, 0) is 11.8 Å². The minimum atomic E-state index is -1.26. The Morgan fingerprint density at radius 2 is 1.05 bits per heavy atom. The zero-order valence-electron chi connectivity index (χ0n) is 13.5. The van der Waals surface area contributed by atoms with E-state index in [2.05, 4.69) is 9.78 Å². The van der Waals surface area contributed by atoms with Crippen LogP contribution in [0, 0.1) is 11.8 Å². The van der Waals surface area contributed by atoms with E-state index in [1.165, 1.54) is 0 Å². The standard InChI is InChI=1S/C14H30O6/c1-7-13(17-15,9-11(3)4)19-20-14(8-2,18-16)10-12(5)6/h11-12,15-16H,7-10H2,1-6H3. The Hall–Kier alpha value is -0.240. The highest BCUT2D eigenvalue weighted by Gasteiger charge is 2.40. The second-order valence-corrected chi connectivity index (χ2v) is 6.07. The van der Waals surface area contributed by atoms with Crippen LogP contribution in [0.15, 0.2) is 0 Å². The van der Waals surface area contributed by atoms with Gasteiger partial charge in [0.2, 0.25) is 11.6 Å². The summed E-state index contributed by atoms with van der Waals surface area (Å²) in [6.07, 6.45) is 1.70. The van der Waals surface area contributed by atoms with E-state index in [9.17, 15) is 0 Å². The molecule has 0 aromatic carbocycles. The molecule has 2 unspecified atom stereocenters. The van der Waals surface area contributed by atoms with Crippen LogP contribution in [0.3, 0.4) is 0 Å². The van der Waals surface area contributed by atoms with E-state index in [0.717, 1.165) is 0 Å². The summed E-state index contributed by atoms with van der Waals surface area (Å²) < 4.78 is 0. The topological polar surface area (TPSA) is 77.4 Å². The summed E-state index contributed by atoms with van der Waals surface area (Å²) in [5.74, 6) is -2.04. The second kappa shape index (κ2) is 8.92. The Morgan fingerprint density at radius 1 is 0.750 bits per heavy atom. The fourth-order valence-corrected chi connectivity index (χ4v) is 2.10. The van der Waals surface area contributed by atoms with E-state index in [4.69, 9.17) is 20.3 Å². The van der Waals surface area contributed by atoms with Gasteiger partial charge in [0, 0.05) is 25.7 Å². The molecule has 6 nitrogen and oxygen atoms in total. The van der Waals surface area contributed by atoms with Crippen molar-refractivity contribution in [2.75, 3.05) is 0 Å². The summed E-state index contributed by atoms with van der Waals surface area (Å²) in [4.78, 5) is 19.7. The molecule has 2 atom stereocenters. The van der Waals surface area contributed by atoms with Gasteiger partial charge in [-0.2, -0.15) is 9.78 Å². The predicted octanol–water partition coefficient (Wildman–Crippen LogP) is 4.22. The van der Waals surface area contributed by atoms with Crippen LogP contribution in [0.2, 0.25) is 0 Å². The fourth-order valence-electron chi connectivity index (χ4n) is 2.10.